The predicted octanol–water partition coefficient (Wildman–Crippen LogP) is 3.74. The molecule has 0 fully saturated rings. The van der Waals surface area contributed by atoms with Crippen LogP contribution in [-0.4, -0.2) is 4.98 Å². The standard InChI is InChI=1S/C13H22N2/c1-3-5-8-11(7-4-2)13-12(14)9-6-10-15-13/h6,9-11H,3-5,7-8,14H2,1-2H3. The van der Waals surface area contributed by atoms with Crippen LogP contribution >= 0.6 is 0 Å². The summed E-state index contributed by atoms with van der Waals surface area (Å²) in [4.78, 5) is 4.43. The Morgan fingerprint density at radius 2 is 2.07 bits per heavy atom. The molecule has 0 bridgehead atoms. The van der Waals surface area contributed by atoms with Crippen LogP contribution in [0.4, 0.5) is 5.69 Å². The number of nitrogens with zero attached hydrogens (tertiary/aromatic N) is 1. The molecule has 0 saturated heterocycles. The van der Waals surface area contributed by atoms with Crippen molar-refractivity contribution in [1.82, 2.24) is 4.98 Å². The molecule has 1 aromatic rings. The van der Waals surface area contributed by atoms with E-state index in [0.717, 1.165) is 11.4 Å². The lowest BCUT2D eigenvalue weighted by Crippen LogP contribution is -2.05. The summed E-state index contributed by atoms with van der Waals surface area (Å²) in [6.07, 6.45) is 7.96. The fourth-order valence-corrected chi connectivity index (χ4v) is 1.99. The molecule has 2 N–H and O–H groups in total. The quantitative estimate of drug-likeness (QED) is 0.770. The van der Waals surface area contributed by atoms with E-state index in [-0.39, 0.29) is 0 Å². The Morgan fingerprint density at radius 3 is 2.67 bits per heavy atom. The van der Waals surface area contributed by atoms with E-state index >= 15 is 0 Å². The summed E-state index contributed by atoms with van der Waals surface area (Å²) < 4.78 is 0. The fourth-order valence-electron chi connectivity index (χ4n) is 1.99. The molecule has 84 valence electrons. The van der Waals surface area contributed by atoms with Crippen LogP contribution in [-0.2, 0) is 0 Å². The minimum Gasteiger partial charge on any atom is -0.397 e. The van der Waals surface area contributed by atoms with E-state index in [2.05, 4.69) is 18.8 Å². The number of nitrogen functional groups attached to an aromatic ring is 1. The van der Waals surface area contributed by atoms with E-state index in [4.69, 9.17) is 5.73 Å². The molecule has 2 nitrogen and oxygen atoms in total. The van der Waals surface area contributed by atoms with Crippen LogP contribution in [0.25, 0.3) is 0 Å². The third-order valence-corrected chi connectivity index (χ3v) is 2.80. The van der Waals surface area contributed by atoms with Gasteiger partial charge >= 0.3 is 0 Å². The maximum Gasteiger partial charge on any atom is 0.0663 e. The minimum absolute atomic E-state index is 0.552. The van der Waals surface area contributed by atoms with Gasteiger partial charge in [-0.3, -0.25) is 4.98 Å². The maximum absolute atomic E-state index is 5.96. The molecule has 0 aliphatic heterocycles. The van der Waals surface area contributed by atoms with Crippen LogP contribution in [0.5, 0.6) is 0 Å². The van der Waals surface area contributed by atoms with Crippen molar-refractivity contribution in [1.29, 1.82) is 0 Å². The molecular formula is C13H22N2. The summed E-state index contributed by atoms with van der Waals surface area (Å²) >= 11 is 0. The molecule has 1 aromatic heterocycles. The second kappa shape index (κ2) is 6.44. The molecular weight excluding hydrogens is 184 g/mol. The molecule has 1 atom stereocenters. The van der Waals surface area contributed by atoms with Gasteiger partial charge in [-0.25, -0.2) is 0 Å². The van der Waals surface area contributed by atoms with Crippen molar-refractivity contribution < 1.29 is 0 Å². The smallest absolute Gasteiger partial charge is 0.0663 e. The Morgan fingerprint density at radius 1 is 1.27 bits per heavy atom. The molecule has 0 radical (unpaired) electrons. The number of aromatic nitrogens is 1. The number of hydrogen-bond donors (Lipinski definition) is 1. The number of unbranched alkanes of at least 4 members (excludes halogenated alkanes) is 1. The summed E-state index contributed by atoms with van der Waals surface area (Å²) in [6.45, 7) is 4.45. The SMILES string of the molecule is CCCCC(CCC)c1ncccc1N. The molecule has 0 spiro atoms. The van der Waals surface area contributed by atoms with E-state index in [9.17, 15) is 0 Å². The lowest BCUT2D eigenvalue weighted by molar-refractivity contribution is 0.531. The zero-order valence-corrected chi connectivity index (χ0v) is 9.87. The summed E-state index contributed by atoms with van der Waals surface area (Å²) in [5, 5.41) is 0. The van der Waals surface area contributed by atoms with Crippen molar-refractivity contribution in [3.8, 4) is 0 Å². The molecule has 0 saturated carbocycles. The van der Waals surface area contributed by atoms with Crippen molar-refractivity contribution in [2.24, 2.45) is 0 Å². The number of nitrogens with two attached hydrogens (primary N) is 1. The van der Waals surface area contributed by atoms with Crippen LogP contribution in [0.2, 0.25) is 0 Å². The van der Waals surface area contributed by atoms with Crippen molar-refractivity contribution in [3.05, 3.63) is 24.0 Å². The van der Waals surface area contributed by atoms with Gasteiger partial charge in [0.2, 0.25) is 0 Å². The molecule has 1 rings (SSSR count). The van der Waals surface area contributed by atoms with Gasteiger partial charge in [0.15, 0.2) is 0 Å². The highest BCUT2D eigenvalue weighted by molar-refractivity contribution is 5.43. The molecule has 1 unspecified atom stereocenters. The average Bonchev–Trinajstić information content (AvgIpc) is 2.25. The second-order valence-electron chi connectivity index (χ2n) is 4.11. The van der Waals surface area contributed by atoms with Gasteiger partial charge in [0.05, 0.1) is 11.4 Å². The van der Waals surface area contributed by atoms with Crippen molar-refractivity contribution in [2.45, 2.75) is 51.9 Å². The molecule has 2 heteroatoms. The van der Waals surface area contributed by atoms with Gasteiger partial charge in [-0.15, -0.1) is 0 Å². The fraction of sp³-hybridized carbons (Fsp3) is 0.615. The van der Waals surface area contributed by atoms with E-state index in [0.29, 0.717) is 5.92 Å². The van der Waals surface area contributed by atoms with Crippen LogP contribution in [0.15, 0.2) is 18.3 Å². The number of anilines is 1. The Kier molecular flexibility index (Phi) is 5.16. The zero-order valence-electron chi connectivity index (χ0n) is 9.87. The van der Waals surface area contributed by atoms with Gasteiger partial charge in [-0.1, -0.05) is 33.1 Å². The lowest BCUT2D eigenvalue weighted by Gasteiger charge is -2.16. The summed E-state index contributed by atoms with van der Waals surface area (Å²) in [5.41, 5.74) is 7.92. The summed E-state index contributed by atoms with van der Waals surface area (Å²) in [6, 6.07) is 3.86. The molecule has 0 aliphatic carbocycles. The van der Waals surface area contributed by atoms with Gasteiger partial charge in [0, 0.05) is 12.1 Å². The van der Waals surface area contributed by atoms with Gasteiger partial charge in [-0.2, -0.15) is 0 Å². The first-order valence-electron chi connectivity index (χ1n) is 6.00. The largest absolute Gasteiger partial charge is 0.397 e. The summed E-state index contributed by atoms with van der Waals surface area (Å²) in [5.74, 6) is 0.552. The van der Waals surface area contributed by atoms with E-state index < -0.39 is 0 Å². The van der Waals surface area contributed by atoms with Gasteiger partial charge in [0.25, 0.3) is 0 Å². The monoisotopic (exact) mass is 206 g/mol. The van der Waals surface area contributed by atoms with E-state index in [1.54, 1.807) is 0 Å². The highest BCUT2D eigenvalue weighted by atomic mass is 14.7. The third kappa shape index (κ3) is 3.54. The number of rotatable bonds is 6. The highest BCUT2D eigenvalue weighted by Crippen LogP contribution is 2.28. The Balaban J connectivity index is 2.74. The first-order chi connectivity index (χ1) is 7.29. The molecule has 1 heterocycles. The van der Waals surface area contributed by atoms with Crippen LogP contribution in [0.1, 0.15) is 57.6 Å². The first kappa shape index (κ1) is 12.0. The molecule has 0 aliphatic rings. The summed E-state index contributed by atoms with van der Waals surface area (Å²) in [7, 11) is 0. The van der Waals surface area contributed by atoms with Crippen molar-refractivity contribution >= 4 is 5.69 Å². The lowest BCUT2D eigenvalue weighted by atomic mass is 9.92. The third-order valence-electron chi connectivity index (χ3n) is 2.80. The van der Waals surface area contributed by atoms with Crippen LogP contribution in [0, 0.1) is 0 Å². The maximum atomic E-state index is 5.96. The Bertz CT molecular complexity index is 284. The molecule has 15 heavy (non-hydrogen) atoms. The van der Waals surface area contributed by atoms with Crippen LogP contribution < -0.4 is 5.73 Å². The highest BCUT2D eigenvalue weighted by Gasteiger charge is 2.13. The van der Waals surface area contributed by atoms with E-state index in [1.807, 2.05) is 18.3 Å². The van der Waals surface area contributed by atoms with Gasteiger partial charge < -0.3 is 5.73 Å². The normalized spacial score (nSPS) is 12.7. The van der Waals surface area contributed by atoms with Crippen molar-refractivity contribution in [3.63, 3.8) is 0 Å². The number of pyridine rings is 1. The number of hydrogen-bond acceptors (Lipinski definition) is 2. The average molecular weight is 206 g/mol. The predicted molar refractivity (Wildman–Crippen MR) is 65.8 cm³/mol. The van der Waals surface area contributed by atoms with Crippen LogP contribution in [0.3, 0.4) is 0 Å². The topological polar surface area (TPSA) is 38.9 Å². The molecule has 0 aromatic carbocycles. The Labute approximate surface area is 92.9 Å². The second-order valence-corrected chi connectivity index (χ2v) is 4.11. The Hall–Kier alpha value is -1.05. The van der Waals surface area contributed by atoms with Crippen molar-refractivity contribution in [2.75, 3.05) is 5.73 Å². The van der Waals surface area contributed by atoms with E-state index in [1.165, 1.54) is 32.1 Å². The first-order valence-corrected chi connectivity index (χ1v) is 6.00. The zero-order chi connectivity index (χ0) is 11.1. The van der Waals surface area contributed by atoms with Gasteiger partial charge in [0.1, 0.15) is 0 Å². The minimum atomic E-state index is 0.552. The van der Waals surface area contributed by atoms with Gasteiger partial charge in [-0.05, 0) is 25.0 Å². The molecule has 0 amide bonds.